The zero-order chi connectivity index (χ0) is 13.1. The van der Waals surface area contributed by atoms with Crippen LogP contribution in [0.5, 0.6) is 0 Å². The molecule has 2 rings (SSSR count). The van der Waals surface area contributed by atoms with Gasteiger partial charge in [0.2, 0.25) is 0 Å². The van der Waals surface area contributed by atoms with Gasteiger partial charge in [-0.15, -0.1) is 0 Å². The molecule has 1 N–H and O–H groups in total. The number of anilines is 1. The number of rotatable bonds is 4. The lowest BCUT2D eigenvalue weighted by Crippen LogP contribution is -2.21. The molecule has 6 heteroatoms. The fourth-order valence-corrected chi connectivity index (χ4v) is 2.50. The monoisotopic (exact) mass is 375 g/mol. The van der Waals surface area contributed by atoms with Crippen molar-refractivity contribution in [2.24, 2.45) is 5.92 Å². The third-order valence-corrected chi connectivity index (χ3v) is 3.61. The van der Waals surface area contributed by atoms with E-state index in [1.165, 1.54) is 0 Å². The fraction of sp³-hybridized carbons (Fsp3) is 0.333. The number of halogens is 2. The Kier molecular flexibility index (Phi) is 4.40. The molecule has 1 aliphatic carbocycles. The number of amides is 1. The van der Waals surface area contributed by atoms with Crippen LogP contribution >= 0.6 is 31.9 Å². The van der Waals surface area contributed by atoms with Gasteiger partial charge in [-0.3, -0.25) is 9.59 Å². The van der Waals surface area contributed by atoms with Gasteiger partial charge >= 0.3 is 5.97 Å². The van der Waals surface area contributed by atoms with E-state index in [2.05, 4.69) is 37.2 Å². The lowest BCUT2D eigenvalue weighted by molar-refractivity contribution is -0.148. The molecule has 0 saturated heterocycles. The topological polar surface area (TPSA) is 55.4 Å². The van der Waals surface area contributed by atoms with E-state index in [0.29, 0.717) is 5.69 Å². The maximum Gasteiger partial charge on any atom is 0.309 e. The molecule has 1 aromatic carbocycles. The van der Waals surface area contributed by atoms with Crippen molar-refractivity contribution in [2.45, 2.75) is 12.8 Å². The first kappa shape index (κ1) is 13.5. The van der Waals surface area contributed by atoms with E-state index in [-0.39, 0.29) is 24.4 Å². The zero-order valence-electron chi connectivity index (χ0n) is 9.41. The van der Waals surface area contributed by atoms with Crippen LogP contribution in [0.25, 0.3) is 0 Å². The van der Waals surface area contributed by atoms with Crippen LogP contribution < -0.4 is 5.32 Å². The van der Waals surface area contributed by atoms with Crippen molar-refractivity contribution in [1.29, 1.82) is 0 Å². The van der Waals surface area contributed by atoms with Crippen molar-refractivity contribution in [2.75, 3.05) is 11.9 Å². The summed E-state index contributed by atoms with van der Waals surface area (Å²) in [6, 6.07) is 5.40. The molecular weight excluding hydrogens is 366 g/mol. The van der Waals surface area contributed by atoms with Crippen LogP contribution in [-0.2, 0) is 14.3 Å². The number of hydrogen-bond donors (Lipinski definition) is 1. The number of esters is 1. The van der Waals surface area contributed by atoms with E-state index in [9.17, 15) is 9.59 Å². The molecular formula is C12H11Br2NO3. The van der Waals surface area contributed by atoms with E-state index in [1.54, 1.807) is 6.07 Å². The van der Waals surface area contributed by atoms with Gasteiger partial charge in [0.1, 0.15) is 0 Å². The molecule has 1 aromatic rings. The molecule has 96 valence electrons. The van der Waals surface area contributed by atoms with Crippen LogP contribution in [-0.4, -0.2) is 18.5 Å². The summed E-state index contributed by atoms with van der Waals surface area (Å²) in [5, 5.41) is 2.67. The number of ether oxygens (including phenoxy) is 1. The maximum absolute atomic E-state index is 11.6. The second-order valence-electron chi connectivity index (χ2n) is 4.05. The van der Waals surface area contributed by atoms with Crippen molar-refractivity contribution in [3.8, 4) is 0 Å². The van der Waals surface area contributed by atoms with Gasteiger partial charge < -0.3 is 10.1 Å². The number of carbonyl (C=O) groups is 2. The summed E-state index contributed by atoms with van der Waals surface area (Å²) in [7, 11) is 0. The van der Waals surface area contributed by atoms with E-state index < -0.39 is 0 Å². The largest absolute Gasteiger partial charge is 0.455 e. The zero-order valence-corrected chi connectivity index (χ0v) is 12.6. The molecule has 0 unspecified atom stereocenters. The van der Waals surface area contributed by atoms with E-state index in [4.69, 9.17) is 4.74 Å². The van der Waals surface area contributed by atoms with Gasteiger partial charge in [-0.25, -0.2) is 0 Å². The van der Waals surface area contributed by atoms with Crippen molar-refractivity contribution in [1.82, 2.24) is 0 Å². The molecule has 4 nitrogen and oxygen atoms in total. The molecule has 1 aliphatic rings. The van der Waals surface area contributed by atoms with Crippen LogP contribution in [0.15, 0.2) is 27.1 Å². The number of hydrogen-bond acceptors (Lipinski definition) is 3. The SMILES string of the molecule is O=C(COC(=O)C1CC1)Nc1ccc(Br)cc1Br. The lowest BCUT2D eigenvalue weighted by Gasteiger charge is -2.08. The predicted molar refractivity (Wildman–Crippen MR) is 74.2 cm³/mol. The Labute approximate surface area is 121 Å². The molecule has 0 aromatic heterocycles. The molecule has 0 heterocycles. The highest BCUT2D eigenvalue weighted by Gasteiger charge is 2.31. The Morgan fingerprint density at radius 2 is 2.06 bits per heavy atom. The third kappa shape index (κ3) is 3.81. The molecule has 1 saturated carbocycles. The average molecular weight is 377 g/mol. The van der Waals surface area contributed by atoms with Crippen LogP contribution in [0.2, 0.25) is 0 Å². The van der Waals surface area contributed by atoms with Gasteiger partial charge in [-0.05, 0) is 47.0 Å². The highest BCUT2D eigenvalue weighted by Crippen LogP contribution is 2.30. The predicted octanol–water partition coefficient (Wildman–Crippen LogP) is 3.10. The van der Waals surface area contributed by atoms with E-state index >= 15 is 0 Å². The highest BCUT2D eigenvalue weighted by molar-refractivity contribution is 9.11. The average Bonchev–Trinajstić information content (AvgIpc) is 3.14. The molecule has 0 spiro atoms. The lowest BCUT2D eigenvalue weighted by atomic mass is 10.3. The van der Waals surface area contributed by atoms with Crippen LogP contribution in [0.3, 0.4) is 0 Å². The normalized spacial score (nSPS) is 14.1. The molecule has 1 amide bonds. The van der Waals surface area contributed by atoms with Crippen molar-refractivity contribution >= 4 is 49.4 Å². The van der Waals surface area contributed by atoms with Crippen LogP contribution in [0.1, 0.15) is 12.8 Å². The summed E-state index contributed by atoms with van der Waals surface area (Å²) in [5.41, 5.74) is 0.644. The molecule has 0 bridgehead atoms. The summed E-state index contributed by atoms with van der Waals surface area (Å²) in [6.45, 7) is -0.238. The highest BCUT2D eigenvalue weighted by atomic mass is 79.9. The summed E-state index contributed by atoms with van der Waals surface area (Å²) in [4.78, 5) is 22.8. The summed E-state index contributed by atoms with van der Waals surface area (Å²) in [5.74, 6) is -0.607. The van der Waals surface area contributed by atoms with Gasteiger partial charge in [0.25, 0.3) is 5.91 Å². The van der Waals surface area contributed by atoms with Crippen LogP contribution in [0, 0.1) is 5.92 Å². The minimum atomic E-state index is -0.341. The smallest absolute Gasteiger partial charge is 0.309 e. The quantitative estimate of drug-likeness (QED) is 0.821. The van der Waals surface area contributed by atoms with Gasteiger partial charge in [-0.2, -0.15) is 0 Å². The minimum Gasteiger partial charge on any atom is -0.455 e. The van der Waals surface area contributed by atoms with Crippen molar-refractivity contribution in [3.05, 3.63) is 27.1 Å². The first-order chi connectivity index (χ1) is 8.56. The van der Waals surface area contributed by atoms with Gasteiger partial charge in [0.15, 0.2) is 6.61 Å². The van der Waals surface area contributed by atoms with Crippen molar-refractivity contribution < 1.29 is 14.3 Å². The molecule has 18 heavy (non-hydrogen) atoms. The number of nitrogens with one attached hydrogen (secondary N) is 1. The third-order valence-electron chi connectivity index (χ3n) is 2.46. The van der Waals surface area contributed by atoms with Crippen LogP contribution in [0.4, 0.5) is 5.69 Å². The van der Waals surface area contributed by atoms with Gasteiger partial charge in [0.05, 0.1) is 11.6 Å². The second-order valence-corrected chi connectivity index (χ2v) is 5.82. The molecule has 1 fully saturated rings. The standard InChI is InChI=1S/C12H11Br2NO3/c13-8-3-4-10(9(14)5-8)15-11(16)6-18-12(17)7-1-2-7/h3-5,7H,1-2,6H2,(H,15,16). The first-order valence-corrected chi connectivity index (χ1v) is 7.06. The molecule has 0 aliphatic heterocycles. The van der Waals surface area contributed by atoms with E-state index in [1.807, 2.05) is 12.1 Å². The first-order valence-electron chi connectivity index (χ1n) is 5.48. The summed E-state index contributed by atoms with van der Waals surface area (Å²) >= 11 is 6.66. The Bertz CT molecular complexity index is 486. The minimum absolute atomic E-state index is 0.0113. The Morgan fingerprint density at radius 3 is 2.67 bits per heavy atom. The number of benzene rings is 1. The molecule has 0 atom stereocenters. The second kappa shape index (κ2) is 5.84. The Balaban J connectivity index is 1.84. The van der Waals surface area contributed by atoms with Crippen molar-refractivity contribution in [3.63, 3.8) is 0 Å². The van der Waals surface area contributed by atoms with Gasteiger partial charge in [-0.1, -0.05) is 15.9 Å². The fourth-order valence-electron chi connectivity index (χ4n) is 1.35. The van der Waals surface area contributed by atoms with E-state index in [0.717, 1.165) is 21.8 Å². The Hall–Kier alpha value is -0.880. The molecule has 0 radical (unpaired) electrons. The summed E-state index contributed by atoms with van der Waals surface area (Å²) < 4.78 is 6.56. The van der Waals surface area contributed by atoms with Gasteiger partial charge in [0, 0.05) is 8.95 Å². The summed E-state index contributed by atoms with van der Waals surface area (Å²) in [6.07, 6.45) is 1.75. The number of carbonyl (C=O) groups excluding carboxylic acids is 2. The maximum atomic E-state index is 11.6. The Morgan fingerprint density at radius 1 is 1.33 bits per heavy atom.